The molecule has 0 unspecified atom stereocenters. The van der Waals surface area contributed by atoms with Gasteiger partial charge in [-0.15, -0.1) is 0 Å². The minimum absolute atomic E-state index is 0.130. The Kier molecular flexibility index (Phi) is 4.84. The number of nitrogens with zero attached hydrogens (tertiary/aromatic N) is 1. The lowest BCUT2D eigenvalue weighted by atomic mass is 10.2. The second-order valence-electron chi connectivity index (χ2n) is 4.51. The van der Waals surface area contributed by atoms with Gasteiger partial charge in [0.1, 0.15) is 0 Å². The van der Waals surface area contributed by atoms with Gasteiger partial charge in [-0.3, -0.25) is 10.1 Å². The van der Waals surface area contributed by atoms with Crippen molar-refractivity contribution >= 4 is 27.5 Å². The number of nitro groups is 1. The third kappa shape index (κ3) is 3.65. The summed E-state index contributed by atoms with van der Waals surface area (Å²) in [5, 5.41) is 11.2. The lowest BCUT2D eigenvalue weighted by Gasteiger charge is -2.06. The van der Waals surface area contributed by atoms with Crippen LogP contribution in [0.5, 0.6) is 0 Å². The van der Waals surface area contributed by atoms with Crippen molar-refractivity contribution < 1.29 is 13.3 Å². The Balaban J connectivity index is 2.44. The molecular weight excluding hydrogens is 324 g/mol. The topological polar surface area (TPSA) is 89.3 Å². The van der Waals surface area contributed by atoms with Crippen LogP contribution in [0.4, 0.5) is 5.69 Å². The quantitative estimate of drug-likeness (QED) is 0.669. The molecular formula is C14H14N2O4S2. The van der Waals surface area contributed by atoms with Gasteiger partial charge < -0.3 is 0 Å². The normalized spacial score (nSPS) is 11.4. The molecule has 8 heteroatoms. The van der Waals surface area contributed by atoms with Gasteiger partial charge in [0, 0.05) is 11.0 Å². The monoisotopic (exact) mass is 338 g/mol. The van der Waals surface area contributed by atoms with Crippen molar-refractivity contribution in [2.45, 2.75) is 21.6 Å². The van der Waals surface area contributed by atoms with Crippen LogP contribution in [-0.2, 0) is 10.0 Å². The number of benzene rings is 2. The van der Waals surface area contributed by atoms with Crippen LogP contribution in [0.1, 0.15) is 5.56 Å². The third-order valence-corrected chi connectivity index (χ3v) is 5.44. The fourth-order valence-corrected chi connectivity index (χ4v) is 3.39. The predicted octanol–water partition coefficient (Wildman–Crippen LogP) is 2.96. The van der Waals surface area contributed by atoms with Crippen molar-refractivity contribution in [3.05, 3.63) is 58.1 Å². The largest absolute Gasteiger partial charge is 0.284 e. The van der Waals surface area contributed by atoms with E-state index in [9.17, 15) is 18.5 Å². The van der Waals surface area contributed by atoms with Gasteiger partial charge in [-0.1, -0.05) is 29.5 Å². The number of rotatable bonds is 5. The molecule has 1 N–H and O–H groups in total. The van der Waals surface area contributed by atoms with Gasteiger partial charge in [-0.25, -0.2) is 13.1 Å². The van der Waals surface area contributed by atoms with Crippen LogP contribution in [0.3, 0.4) is 0 Å². The van der Waals surface area contributed by atoms with E-state index in [1.165, 1.54) is 30.9 Å². The Morgan fingerprint density at radius 3 is 2.32 bits per heavy atom. The van der Waals surface area contributed by atoms with Crippen molar-refractivity contribution in [1.82, 2.24) is 4.72 Å². The minimum atomic E-state index is -3.71. The van der Waals surface area contributed by atoms with Gasteiger partial charge in [0.05, 0.1) is 14.7 Å². The fourth-order valence-electron chi connectivity index (χ4n) is 1.74. The van der Waals surface area contributed by atoms with Crippen LogP contribution in [0.25, 0.3) is 0 Å². The number of sulfonamides is 1. The van der Waals surface area contributed by atoms with Gasteiger partial charge in [0.2, 0.25) is 10.0 Å². The highest BCUT2D eigenvalue weighted by Gasteiger charge is 2.20. The number of aryl methyl sites for hydroxylation is 1. The summed E-state index contributed by atoms with van der Waals surface area (Å²) >= 11 is 1.22. The zero-order chi connectivity index (χ0) is 16.3. The molecule has 0 fully saturated rings. The molecule has 0 amide bonds. The molecule has 6 nitrogen and oxygen atoms in total. The molecule has 2 aromatic carbocycles. The van der Waals surface area contributed by atoms with E-state index < -0.39 is 14.9 Å². The highest BCUT2D eigenvalue weighted by atomic mass is 32.2. The SMILES string of the molecule is CNS(=O)(=O)c1ccc(Sc2ccc(C)cc2)c([N+](=O)[O-])c1. The second-order valence-corrected chi connectivity index (χ2v) is 7.51. The second kappa shape index (κ2) is 6.47. The predicted molar refractivity (Wildman–Crippen MR) is 84.6 cm³/mol. The van der Waals surface area contributed by atoms with Crippen LogP contribution < -0.4 is 4.72 Å². The van der Waals surface area contributed by atoms with Crippen molar-refractivity contribution in [2.24, 2.45) is 0 Å². The molecule has 0 saturated heterocycles. The molecule has 0 radical (unpaired) electrons. The lowest BCUT2D eigenvalue weighted by Crippen LogP contribution is -2.18. The molecule has 0 aliphatic heterocycles. The van der Waals surface area contributed by atoms with Crippen LogP contribution in [-0.4, -0.2) is 20.4 Å². The van der Waals surface area contributed by atoms with Gasteiger partial charge in [-0.2, -0.15) is 0 Å². The van der Waals surface area contributed by atoms with Crippen LogP contribution in [0, 0.1) is 17.0 Å². The van der Waals surface area contributed by atoms with Crippen molar-refractivity contribution in [3.8, 4) is 0 Å². The van der Waals surface area contributed by atoms with E-state index in [-0.39, 0.29) is 10.6 Å². The minimum Gasteiger partial charge on any atom is -0.258 e. The summed E-state index contributed by atoms with van der Waals surface area (Å²) in [4.78, 5) is 11.7. The van der Waals surface area contributed by atoms with E-state index in [1.54, 1.807) is 0 Å². The van der Waals surface area contributed by atoms with Crippen molar-refractivity contribution in [2.75, 3.05) is 7.05 Å². The maximum absolute atomic E-state index is 11.7. The molecule has 2 rings (SSSR count). The third-order valence-electron chi connectivity index (χ3n) is 2.95. The van der Waals surface area contributed by atoms with Crippen LogP contribution in [0.2, 0.25) is 0 Å². The van der Waals surface area contributed by atoms with E-state index in [0.717, 1.165) is 16.5 Å². The first-order valence-corrected chi connectivity index (χ1v) is 8.60. The first-order chi connectivity index (χ1) is 10.3. The number of nitro benzene ring substituents is 1. The maximum atomic E-state index is 11.7. The summed E-state index contributed by atoms with van der Waals surface area (Å²) in [6, 6.07) is 11.4. The maximum Gasteiger partial charge on any atom is 0.284 e. The first kappa shape index (κ1) is 16.5. The summed E-state index contributed by atoms with van der Waals surface area (Å²) in [6.07, 6.45) is 0. The molecule has 0 bridgehead atoms. The van der Waals surface area contributed by atoms with Gasteiger partial charge in [0.15, 0.2) is 0 Å². The van der Waals surface area contributed by atoms with Gasteiger partial charge in [-0.05, 0) is 38.2 Å². The zero-order valence-corrected chi connectivity index (χ0v) is 13.6. The summed E-state index contributed by atoms with van der Waals surface area (Å²) in [5.74, 6) is 0. The van der Waals surface area contributed by atoms with E-state index >= 15 is 0 Å². The highest BCUT2D eigenvalue weighted by molar-refractivity contribution is 7.99. The molecule has 116 valence electrons. The summed E-state index contributed by atoms with van der Waals surface area (Å²) in [7, 11) is -2.45. The molecule has 0 heterocycles. The standard InChI is InChI=1S/C14H14N2O4S2/c1-10-3-5-11(6-4-10)21-14-8-7-12(22(19,20)15-2)9-13(14)16(17)18/h3-9,15H,1-2H3. The summed E-state index contributed by atoms with van der Waals surface area (Å²) < 4.78 is 25.6. The van der Waals surface area contributed by atoms with Crippen molar-refractivity contribution in [3.63, 3.8) is 0 Å². The van der Waals surface area contributed by atoms with Gasteiger partial charge >= 0.3 is 0 Å². The highest BCUT2D eigenvalue weighted by Crippen LogP contribution is 2.36. The number of hydrogen-bond donors (Lipinski definition) is 1. The molecule has 0 spiro atoms. The molecule has 0 saturated carbocycles. The van der Waals surface area contributed by atoms with E-state index in [0.29, 0.717) is 4.90 Å². The van der Waals surface area contributed by atoms with E-state index in [2.05, 4.69) is 4.72 Å². The van der Waals surface area contributed by atoms with Crippen LogP contribution in [0.15, 0.2) is 57.2 Å². The Bertz CT molecular complexity index is 802. The Morgan fingerprint density at radius 1 is 1.14 bits per heavy atom. The molecule has 0 atom stereocenters. The zero-order valence-electron chi connectivity index (χ0n) is 11.9. The average Bonchev–Trinajstić information content (AvgIpc) is 2.49. The van der Waals surface area contributed by atoms with E-state index in [1.807, 2.05) is 31.2 Å². The summed E-state index contributed by atoms with van der Waals surface area (Å²) in [5.41, 5.74) is 0.858. The van der Waals surface area contributed by atoms with E-state index in [4.69, 9.17) is 0 Å². The number of hydrogen-bond acceptors (Lipinski definition) is 5. The Hall–Kier alpha value is -1.90. The Labute approximate surface area is 132 Å². The summed E-state index contributed by atoms with van der Waals surface area (Å²) in [6.45, 7) is 1.95. The number of nitrogens with one attached hydrogen (secondary N) is 1. The molecule has 2 aromatic rings. The first-order valence-electron chi connectivity index (χ1n) is 6.30. The Morgan fingerprint density at radius 2 is 1.77 bits per heavy atom. The molecule has 0 aromatic heterocycles. The van der Waals surface area contributed by atoms with Gasteiger partial charge in [0.25, 0.3) is 5.69 Å². The van der Waals surface area contributed by atoms with Crippen molar-refractivity contribution in [1.29, 1.82) is 0 Å². The average molecular weight is 338 g/mol. The lowest BCUT2D eigenvalue weighted by molar-refractivity contribution is -0.388. The molecule has 22 heavy (non-hydrogen) atoms. The molecule has 0 aliphatic carbocycles. The fraction of sp³-hybridized carbons (Fsp3) is 0.143. The van der Waals surface area contributed by atoms with Crippen LogP contribution >= 0.6 is 11.8 Å². The molecule has 0 aliphatic rings. The smallest absolute Gasteiger partial charge is 0.258 e.